The average molecular weight is 254 g/mol. The van der Waals surface area contributed by atoms with Gasteiger partial charge in [-0.2, -0.15) is 0 Å². The van der Waals surface area contributed by atoms with Gasteiger partial charge in [-0.05, 0) is 25.1 Å². The number of hydrogen-bond donors (Lipinski definition) is 1. The van der Waals surface area contributed by atoms with Crippen molar-refractivity contribution < 1.29 is 4.39 Å². The molecule has 0 amide bonds. The summed E-state index contributed by atoms with van der Waals surface area (Å²) in [5, 5.41) is 0.357. The van der Waals surface area contributed by atoms with Gasteiger partial charge in [-0.25, -0.2) is 9.37 Å². The van der Waals surface area contributed by atoms with Crippen LogP contribution in [0.25, 0.3) is 11.4 Å². The Morgan fingerprint density at radius 2 is 2.24 bits per heavy atom. The minimum Gasteiger partial charge on any atom is -0.329 e. The van der Waals surface area contributed by atoms with Gasteiger partial charge >= 0.3 is 0 Å². The summed E-state index contributed by atoms with van der Waals surface area (Å²) in [6, 6.07) is 4.37. The molecule has 17 heavy (non-hydrogen) atoms. The van der Waals surface area contributed by atoms with Gasteiger partial charge in [0.15, 0.2) is 0 Å². The minimum atomic E-state index is -0.372. The van der Waals surface area contributed by atoms with Crippen LogP contribution in [0.3, 0.4) is 0 Å². The lowest BCUT2D eigenvalue weighted by atomic mass is 10.2. The molecule has 0 aliphatic rings. The van der Waals surface area contributed by atoms with E-state index in [4.69, 9.17) is 17.3 Å². The van der Waals surface area contributed by atoms with Gasteiger partial charge in [0.25, 0.3) is 0 Å². The van der Waals surface area contributed by atoms with E-state index in [0.717, 1.165) is 0 Å². The Kier molecular flexibility index (Phi) is 3.45. The second-order valence-electron chi connectivity index (χ2n) is 4.04. The van der Waals surface area contributed by atoms with E-state index >= 15 is 0 Å². The third-order valence-electron chi connectivity index (χ3n) is 2.32. The maximum Gasteiger partial charge on any atom is 0.140 e. The predicted molar refractivity (Wildman–Crippen MR) is 66.3 cm³/mol. The SMILES string of the molecule is C[C@H](N)Cn1ccnc1-c1cc(F)cc(Cl)c1. The number of benzene rings is 1. The Morgan fingerprint density at radius 1 is 1.47 bits per heavy atom. The van der Waals surface area contributed by atoms with Crippen LogP contribution in [-0.4, -0.2) is 15.6 Å². The van der Waals surface area contributed by atoms with Gasteiger partial charge in [0.05, 0.1) is 0 Å². The van der Waals surface area contributed by atoms with Crippen LogP contribution in [-0.2, 0) is 6.54 Å². The summed E-state index contributed by atoms with van der Waals surface area (Å²) < 4.78 is 15.2. The Bertz CT molecular complexity index is 502. The van der Waals surface area contributed by atoms with Crippen LogP contribution < -0.4 is 5.73 Å². The summed E-state index contributed by atoms with van der Waals surface area (Å²) in [5.74, 6) is 0.298. The first-order valence-electron chi connectivity index (χ1n) is 5.29. The quantitative estimate of drug-likeness (QED) is 0.914. The van der Waals surface area contributed by atoms with E-state index in [1.54, 1.807) is 12.3 Å². The van der Waals surface area contributed by atoms with Gasteiger partial charge in [-0.15, -0.1) is 0 Å². The number of imidazole rings is 1. The predicted octanol–water partition coefficient (Wildman–Crippen LogP) is 2.69. The Morgan fingerprint density at radius 3 is 2.88 bits per heavy atom. The molecule has 2 N–H and O–H groups in total. The zero-order valence-electron chi connectivity index (χ0n) is 9.40. The molecule has 0 aliphatic heterocycles. The van der Waals surface area contributed by atoms with E-state index in [-0.39, 0.29) is 11.9 Å². The number of halogens is 2. The smallest absolute Gasteiger partial charge is 0.140 e. The second-order valence-corrected chi connectivity index (χ2v) is 4.48. The molecule has 1 aromatic heterocycles. The van der Waals surface area contributed by atoms with Crippen molar-refractivity contribution in [1.82, 2.24) is 9.55 Å². The van der Waals surface area contributed by atoms with Gasteiger partial charge in [0.1, 0.15) is 11.6 Å². The van der Waals surface area contributed by atoms with Crippen LogP contribution in [0.2, 0.25) is 5.02 Å². The molecule has 0 saturated heterocycles. The first-order chi connectivity index (χ1) is 8.06. The molecule has 90 valence electrons. The van der Waals surface area contributed by atoms with Crippen LogP contribution >= 0.6 is 11.6 Å². The Labute approximate surface area is 104 Å². The minimum absolute atomic E-state index is 0.00646. The molecule has 5 heteroatoms. The maximum absolute atomic E-state index is 13.3. The zero-order chi connectivity index (χ0) is 12.4. The van der Waals surface area contributed by atoms with Crippen molar-refractivity contribution in [1.29, 1.82) is 0 Å². The van der Waals surface area contributed by atoms with Gasteiger partial charge in [0.2, 0.25) is 0 Å². The normalized spacial score (nSPS) is 12.7. The molecule has 1 aromatic carbocycles. The second kappa shape index (κ2) is 4.85. The first-order valence-corrected chi connectivity index (χ1v) is 5.67. The van der Waals surface area contributed by atoms with Crippen LogP contribution in [0.15, 0.2) is 30.6 Å². The van der Waals surface area contributed by atoms with Crippen molar-refractivity contribution in [2.75, 3.05) is 0 Å². The molecule has 0 radical (unpaired) electrons. The number of nitrogens with two attached hydrogens (primary N) is 1. The highest BCUT2D eigenvalue weighted by Gasteiger charge is 2.09. The average Bonchev–Trinajstić information content (AvgIpc) is 2.63. The maximum atomic E-state index is 13.3. The molecule has 0 spiro atoms. The monoisotopic (exact) mass is 253 g/mol. The molecule has 0 saturated carbocycles. The van der Waals surface area contributed by atoms with Gasteiger partial charge in [-0.1, -0.05) is 11.6 Å². The van der Waals surface area contributed by atoms with Crippen LogP contribution in [0.5, 0.6) is 0 Å². The molecule has 2 rings (SSSR count). The van der Waals surface area contributed by atoms with Crippen molar-refractivity contribution in [2.45, 2.75) is 19.5 Å². The highest BCUT2D eigenvalue weighted by atomic mass is 35.5. The fraction of sp³-hybridized carbons (Fsp3) is 0.250. The van der Waals surface area contributed by atoms with Crippen LogP contribution in [0.4, 0.5) is 4.39 Å². The van der Waals surface area contributed by atoms with Crippen molar-refractivity contribution >= 4 is 11.6 Å². The lowest BCUT2D eigenvalue weighted by Crippen LogP contribution is -2.22. The summed E-state index contributed by atoms with van der Waals surface area (Å²) in [6.07, 6.45) is 3.48. The number of aromatic nitrogens is 2. The third kappa shape index (κ3) is 2.84. The summed E-state index contributed by atoms with van der Waals surface area (Å²) >= 11 is 5.82. The largest absolute Gasteiger partial charge is 0.329 e. The molecular weight excluding hydrogens is 241 g/mol. The van der Waals surface area contributed by atoms with Gasteiger partial charge < -0.3 is 10.3 Å². The van der Waals surface area contributed by atoms with Gasteiger partial charge in [-0.3, -0.25) is 0 Å². The van der Waals surface area contributed by atoms with Crippen LogP contribution in [0.1, 0.15) is 6.92 Å². The van der Waals surface area contributed by atoms with Crippen molar-refractivity contribution in [3.63, 3.8) is 0 Å². The summed E-state index contributed by atoms with van der Waals surface area (Å²) in [4.78, 5) is 4.20. The van der Waals surface area contributed by atoms with E-state index in [0.29, 0.717) is 23.0 Å². The zero-order valence-corrected chi connectivity index (χ0v) is 10.2. The highest BCUT2D eigenvalue weighted by molar-refractivity contribution is 6.30. The molecule has 0 aliphatic carbocycles. The van der Waals surface area contributed by atoms with E-state index in [1.165, 1.54) is 12.1 Å². The molecule has 3 nitrogen and oxygen atoms in total. The summed E-state index contributed by atoms with van der Waals surface area (Å²) in [6.45, 7) is 2.53. The Hall–Kier alpha value is -1.39. The number of nitrogens with zero attached hydrogens (tertiary/aromatic N) is 2. The van der Waals surface area contributed by atoms with Crippen molar-refractivity contribution in [3.8, 4) is 11.4 Å². The molecule has 0 bridgehead atoms. The summed E-state index contributed by atoms with van der Waals surface area (Å²) in [7, 11) is 0. The lowest BCUT2D eigenvalue weighted by molar-refractivity contribution is 0.593. The van der Waals surface area contributed by atoms with E-state index in [2.05, 4.69) is 4.98 Å². The fourth-order valence-corrected chi connectivity index (χ4v) is 1.93. The topological polar surface area (TPSA) is 43.8 Å². The Balaban J connectivity index is 2.42. The molecule has 2 aromatic rings. The third-order valence-corrected chi connectivity index (χ3v) is 2.54. The molecule has 1 heterocycles. The molecule has 0 fully saturated rings. The highest BCUT2D eigenvalue weighted by Crippen LogP contribution is 2.23. The van der Waals surface area contributed by atoms with Crippen LogP contribution in [0, 0.1) is 5.82 Å². The molecule has 0 unspecified atom stereocenters. The number of rotatable bonds is 3. The fourth-order valence-electron chi connectivity index (χ4n) is 1.71. The lowest BCUT2D eigenvalue weighted by Gasteiger charge is -2.10. The first kappa shape index (κ1) is 12.1. The molecular formula is C12H13ClFN3. The standard InChI is InChI=1S/C12H13ClFN3/c1-8(15)7-17-3-2-16-12(17)9-4-10(13)6-11(14)5-9/h2-6,8H,7,15H2,1H3/t8-/m0/s1. The van der Waals surface area contributed by atoms with E-state index < -0.39 is 0 Å². The summed E-state index contributed by atoms with van der Waals surface area (Å²) in [5.41, 5.74) is 6.40. The van der Waals surface area contributed by atoms with Crippen molar-refractivity contribution in [2.24, 2.45) is 5.73 Å². The molecule has 1 atom stereocenters. The number of hydrogen-bond acceptors (Lipinski definition) is 2. The van der Waals surface area contributed by atoms with E-state index in [9.17, 15) is 4.39 Å². The van der Waals surface area contributed by atoms with E-state index in [1.807, 2.05) is 17.7 Å². The van der Waals surface area contributed by atoms with Gasteiger partial charge in [0, 0.05) is 35.6 Å². The van der Waals surface area contributed by atoms with Crippen molar-refractivity contribution in [3.05, 3.63) is 41.4 Å².